The molecule has 1 heterocycles. The van der Waals surface area contributed by atoms with E-state index in [0.717, 1.165) is 23.6 Å². The number of anilines is 1. The first-order chi connectivity index (χ1) is 12.2. The van der Waals surface area contributed by atoms with Crippen molar-refractivity contribution >= 4 is 28.4 Å². The van der Waals surface area contributed by atoms with Crippen molar-refractivity contribution in [3.63, 3.8) is 0 Å². The molecule has 1 aromatic heterocycles. The van der Waals surface area contributed by atoms with E-state index in [2.05, 4.69) is 60.5 Å². The predicted molar refractivity (Wildman–Crippen MR) is 108 cm³/mol. The van der Waals surface area contributed by atoms with Crippen LogP contribution in [0.25, 0.3) is 10.9 Å². The first-order valence-electron chi connectivity index (χ1n) is 8.54. The van der Waals surface area contributed by atoms with Crippen LogP contribution >= 0.6 is 11.8 Å². The maximum Gasteiger partial charge on any atom is 0.121 e. The van der Waals surface area contributed by atoms with Crippen LogP contribution in [0.3, 0.4) is 0 Å². The molecule has 0 saturated carbocycles. The fraction of sp³-hybridized carbons (Fsp3) is 0.286. The molecule has 3 aromatic rings. The minimum Gasteiger partial charge on any atom is -0.497 e. The van der Waals surface area contributed by atoms with Gasteiger partial charge in [-0.1, -0.05) is 26.0 Å². The number of nitrogens with one attached hydrogen (secondary N) is 1. The van der Waals surface area contributed by atoms with E-state index < -0.39 is 0 Å². The van der Waals surface area contributed by atoms with E-state index in [1.807, 2.05) is 30.1 Å². The number of hydrogen-bond acceptors (Lipinski definition) is 4. The van der Waals surface area contributed by atoms with Gasteiger partial charge in [0.05, 0.1) is 12.6 Å². The minimum absolute atomic E-state index is 0.647. The fourth-order valence-corrected chi connectivity index (χ4v) is 3.56. The number of benzene rings is 2. The smallest absolute Gasteiger partial charge is 0.121 e. The maximum absolute atomic E-state index is 5.28. The quantitative estimate of drug-likeness (QED) is 0.561. The number of methoxy groups -OCH3 is 1. The second kappa shape index (κ2) is 8.26. The summed E-state index contributed by atoms with van der Waals surface area (Å²) in [5.41, 5.74) is 3.47. The highest BCUT2D eigenvalue weighted by molar-refractivity contribution is 7.98. The molecule has 0 atom stereocenters. The molecule has 0 fully saturated rings. The van der Waals surface area contributed by atoms with Crippen LogP contribution in [0.1, 0.15) is 19.4 Å². The van der Waals surface area contributed by atoms with Crippen LogP contribution < -0.4 is 10.1 Å². The largest absolute Gasteiger partial charge is 0.497 e. The Morgan fingerprint density at radius 3 is 2.60 bits per heavy atom. The minimum atomic E-state index is 0.647. The van der Waals surface area contributed by atoms with E-state index >= 15 is 0 Å². The standard InChI is InChI=1S/C21H24N2OS/c1-15(2)13-23-17-6-4-16(5-7-17)14-25-21-10-11-22-20-12-18(24-3)8-9-19(20)21/h4-12,15,23H,13-14H2,1-3H3. The van der Waals surface area contributed by atoms with E-state index in [0.29, 0.717) is 5.92 Å². The highest BCUT2D eigenvalue weighted by atomic mass is 32.2. The average Bonchev–Trinajstić information content (AvgIpc) is 2.65. The number of thioether (sulfide) groups is 1. The summed E-state index contributed by atoms with van der Waals surface area (Å²) in [6, 6.07) is 16.9. The van der Waals surface area contributed by atoms with Gasteiger partial charge in [-0.25, -0.2) is 0 Å². The highest BCUT2D eigenvalue weighted by Gasteiger charge is 2.05. The molecule has 2 aromatic carbocycles. The topological polar surface area (TPSA) is 34.1 Å². The molecule has 0 spiro atoms. The van der Waals surface area contributed by atoms with Crippen LogP contribution in [0.5, 0.6) is 5.75 Å². The molecule has 25 heavy (non-hydrogen) atoms. The van der Waals surface area contributed by atoms with Crippen LogP contribution in [0.2, 0.25) is 0 Å². The molecule has 0 saturated heterocycles. The second-order valence-corrected chi connectivity index (χ2v) is 7.47. The molecular weight excluding hydrogens is 328 g/mol. The number of aromatic nitrogens is 1. The zero-order chi connectivity index (χ0) is 17.6. The number of rotatable bonds is 7. The Labute approximate surface area is 153 Å². The van der Waals surface area contributed by atoms with Crippen molar-refractivity contribution in [3.05, 3.63) is 60.3 Å². The lowest BCUT2D eigenvalue weighted by Gasteiger charge is -2.10. The lowest BCUT2D eigenvalue weighted by atomic mass is 10.2. The summed E-state index contributed by atoms with van der Waals surface area (Å²) in [5.74, 6) is 2.43. The van der Waals surface area contributed by atoms with Crippen molar-refractivity contribution in [1.29, 1.82) is 0 Å². The van der Waals surface area contributed by atoms with Gasteiger partial charge in [0.2, 0.25) is 0 Å². The third-order valence-corrected chi connectivity index (χ3v) is 5.12. The number of fused-ring (bicyclic) bond motifs is 1. The lowest BCUT2D eigenvalue weighted by Crippen LogP contribution is -2.07. The molecule has 3 nitrogen and oxygen atoms in total. The molecular formula is C21H24N2OS. The SMILES string of the molecule is COc1ccc2c(SCc3ccc(NCC(C)C)cc3)ccnc2c1. The Morgan fingerprint density at radius 1 is 1.08 bits per heavy atom. The summed E-state index contributed by atoms with van der Waals surface area (Å²) in [6.07, 6.45) is 1.86. The molecule has 0 aliphatic rings. The summed E-state index contributed by atoms with van der Waals surface area (Å²) in [6.45, 7) is 5.43. The van der Waals surface area contributed by atoms with Gasteiger partial charge < -0.3 is 10.1 Å². The van der Waals surface area contributed by atoms with Gasteiger partial charge in [0.25, 0.3) is 0 Å². The van der Waals surface area contributed by atoms with E-state index in [-0.39, 0.29) is 0 Å². The van der Waals surface area contributed by atoms with E-state index in [1.54, 1.807) is 7.11 Å². The third-order valence-electron chi connectivity index (χ3n) is 3.97. The number of nitrogens with zero attached hydrogens (tertiary/aromatic N) is 1. The van der Waals surface area contributed by atoms with Crippen molar-refractivity contribution in [2.75, 3.05) is 19.0 Å². The van der Waals surface area contributed by atoms with Crippen molar-refractivity contribution in [2.45, 2.75) is 24.5 Å². The Bertz CT molecular complexity index is 831. The normalized spacial score (nSPS) is 11.0. The van der Waals surface area contributed by atoms with Crippen molar-refractivity contribution in [1.82, 2.24) is 4.98 Å². The Hall–Kier alpha value is -2.20. The van der Waals surface area contributed by atoms with Gasteiger partial charge >= 0.3 is 0 Å². The van der Waals surface area contributed by atoms with E-state index in [4.69, 9.17) is 4.74 Å². The van der Waals surface area contributed by atoms with Gasteiger partial charge in [0.1, 0.15) is 5.75 Å². The third kappa shape index (κ3) is 4.67. The van der Waals surface area contributed by atoms with Crippen LogP contribution in [-0.2, 0) is 5.75 Å². The number of hydrogen-bond donors (Lipinski definition) is 1. The lowest BCUT2D eigenvalue weighted by molar-refractivity contribution is 0.415. The molecule has 0 bridgehead atoms. The molecule has 0 aliphatic heterocycles. The van der Waals surface area contributed by atoms with Gasteiger partial charge in [-0.3, -0.25) is 4.98 Å². The zero-order valence-electron chi connectivity index (χ0n) is 15.0. The van der Waals surface area contributed by atoms with Gasteiger partial charge in [-0.15, -0.1) is 11.8 Å². The summed E-state index contributed by atoms with van der Waals surface area (Å²) in [7, 11) is 1.68. The number of pyridine rings is 1. The average molecular weight is 353 g/mol. The number of ether oxygens (including phenoxy) is 1. The van der Waals surface area contributed by atoms with Gasteiger partial charge in [-0.05, 0) is 41.8 Å². The Balaban J connectivity index is 1.68. The van der Waals surface area contributed by atoms with Crippen molar-refractivity contribution in [2.24, 2.45) is 5.92 Å². The molecule has 0 radical (unpaired) electrons. The summed E-state index contributed by atoms with van der Waals surface area (Å²) in [5, 5.41) is 4.62. The molecule has 0 unspecified atom stereocenters. The Kier molecular flexibility index (Phi) is 5.82. The summed E-state index contributed by atoms with van der Waals surface area (Å²) >= 11 is 1.84. The highest BCUT2D eigenvalue weighted by Crippen LogP contribution is 2.31. The predicted octanol–water partition coefficient (Wildman–Crippen LogP) is 5.60. The van der Waals surface area contributed by atoms with Crippen LogP contribution in [0, 0.1) is 5.92 Å². The fourth-order valence-electron chi connectivity index (χ4n) is 2.56. The second-order valence-electron chi connectivity index (χ2n) is 6.45. The molecule has 0 amide bonds. The van der Waals surface area contributed by atoms with Crippen molar-refractivity contribution in [3.8, 4) is 5.75 Å². The monoisotopic (exact) mass is 352 g/mol. The molecule has 4 heteroatoms. The maximum atomic E-state index is 5.28. The summed E-state index contributed by atoms with van der Waals surface area (Å²) < 4.78 is 5.28. The van der Waals surface area contributed by atoms with E-state index in [1.165, 1.54) is 21.5 Å². The first-order valence-corrected chi connectivity index (χ1v) is 9.52. The molecule has 0 aliphatic carbocycles. The van der Waals surface area contributed by atoms with Gasteiger partial charge in [0.15, 0.2) is 0 Å². The molecule has 1 N–H and O–H groups in total. The van der Waals surface area contributed by atoms with Crippen molar-refractivity contribution < 1.29 is 4.74 Å². The van der Waals surface area contributed by atoms with Gasteiger partial charge in [-0.2, -0.15) is 0 Å². The van der Waals surface area contributed by atoms with Crippen LogP contribution in [0.15, 0.2) is 59.6 Å². The van der Waals surface area contributed by atoms with E-state index in [9.17, 15) is 0 Å². The van der Waals surface area contributed by atoms with Crippen LogP contribution in [-0.4, -0.2) is 18.6 Å². The summed E-state index contributed by atoms with van der Waals surface area (Å²) in [4.78, 5) is 5.70. The molecule has 130 valence electrons. The molecule has 3 rings (SSSR count). The van der Waals surface area contributed by atoms with Crippen LogP contribution in [0.4, 0.5) is 5.69 Å². The zero-order valence-corrected chi connectivity index (χ0v) is 15.8. The Morgan fingerprint density at radius 2 is 1.88 bits per heavy atom. The van der Waals surface area contributed by atoms with Gasteiger partial charge in [0, 0.05) is 40.5 Å². The first kappa shape index (κ1) is 17.6.